The van der Waals surface area contributed by atoms with Crippen molar-refractivity contribution in [1.82, 2.24) is 9.78 Å². The number of halogens is 1. The summed E-state index contributed by atoms with van der Waals surface area (Å²) in [5, 5.41) is 8.54. The number of hydrogen-bond acceptors (Lipinski definition) is 2. The van der Waals surface area contributed by atoms with E-state index in [4.69, 9.17) is 5.10 Å². The molecule has 0 saturated carbocycles. The predicted octanol–water partition coefficient (Wildman–Crippen LogP) is 5.24. The Balaban J connectivity index is 1.92. The zero-order valence-corrected chi connectivity index (χ0v) is 16.0. The lowest BCUT2D eigenvalue weighted by Gasteiger charge is -2.14. The molecule has 0 amide bonds. The van der Waals surface area contributed by atoms with E-state index >= 15 is 0 Å². The van der Waals surface area contributed by atoms with Crippen molar-refractivity contribution in [2.24, 2.45) is 0 Å². The number of aromatic nitrogens is 2. The van der Waals surface area contributed by atoms with Gasteiger partial charge in [0, 0.05) is 21.2 Å². The summed E-state index contributed by atoms with van der Waals surface area (Å²) >= 11 is 2.36. The Morgan fingerprint density at radius 3 is 2.75 bits per heavy atom. The van der Waals surface area contributed by atoms with E-state index in [9.17, 15) is 0 Å². The fraction of sp³-hybridized carbons (Fsp3) is 0.250. The van der Waals surface area contributed by atoms with E-state index in [0.717, 1.165) is 24.5 Å². The van der Waals surface area contributed by atoms with Crippen LogP contribution in [-0.2, 0) is 6.42 Å². The molecule has 0 fully saturated rings. The van der Waals surface area contributed by atoms with Crippen LogP contribution in [0.25, 0.3) is 16.9 Å². The van der Waals surface area contributed by atoms with E-state index in [1.807, 2.05) is 0 Å². The third kappa shape index (κ3) is 2.62. The van der Waals surface area contributed by atoms with Crippen LogP contribution in [0.3, 0.4) is 0 Å². The van der Waals surface area contributed by atoms with Gasteiger partial charge in [0.2, 0.25) is 0 Å². The minimum atomic E-state index is 0.462. The van der Waals surface area contributed by atoms with Gasteiger partial charge in [-0.25, -0.2) is 4.68 Å². The molecule has 4 rings (SSSR count). The Morgan fingerprint density at radius 1 is 1.12 bits per heavy atom. The third-order valence-corrected chi connectivity index (χ3v) is 5.21. The highest BCUT2D eigenvalue weighted by Crippen LogP contribution is 2.36. The number of rotatable bonds is 3. The van der Waals surface area contributed by atoms with Crippen LogP contribution in [-0.4, -0.2) is 16.3 Å². The Labute approximate surface area is 156 Å². The fourth-order valence-electron chi connectivity index (χ4n) is 3.39. The molecule has 0 spiro atoms. The molecule has 0 radical (unpaired) electrons. The van der Waals surface area contributed by atoms with Crippen molar-refractivity contribution in [3.8, 4) is 16.9 Å². The summed E-state index contributed by atoms with van der Waals surface area (Å²) in [5.74, 6) is 1.61. The zero-order valence-electron chi connectivity index (χ0n) is 13.9. The van der Waals surface area contributed by atoms with Crippen molar-refractivity contribution in [3.05, 3.63) is 63.2 Å². The average Bonchev–Trinajstić information content (AvgIpc) is 3.17. The molecule has 1 aliphatic rings. The van der Waals surface area contributed by atoms with Gasteiger partial charge in [0.25, 0.3) is 0 Å². The molecule has 0 atom stereocenters. The summed E-state index contributed by atoms with van der Waals surface area (Å²) in [6.45, 7) is 5.45. The third-order valence-electron chi connectivity index (χ3n) is 4.54. The van der Waals surface area contributed by atoms with Crippen LogP contribution in [0.5, 0.6) is 0 Å². The van der Waals surface area contributed by atoms with Crippen LogP contribution in [0, 0.1) is 3.57 Å². The molecule has 0 unspecified atom stereocenters. The summed E-state index contributed by atoms with van der Waals surface area (Å²) in [7, 11) is 0. The first-order valence-electron chi connectivity index (χ1n) is 8.36. The Morgan fingerprint density at radius 2 is 1.96 bits per heavy atom. The van der Waals surface area contributed by atoms with Gasteiger partial charge >= 0.3 is 0 Å². The number of hydrogen-bond donors (Lipinski definition) is 1. The minimum absolute atomic E-state index is 0.462. The minimum Gasteiger partial charge on any atom is -0.369 e. The first-order valence-corrected chi connectivity index (χ1v) is 9.44. The van der Waals surface area contributed by atoms with E-state index in [1.165, 1.54) is 25.9 Å². The molecular weight excluding hydrogens is 409 g/mol. The van der Waals surface area contributed by atoms with Crippen LogP contribution >= 0.6 is 22.6 Å². The molecule has 0 saturated heterocycles. The van der Waals surface area contributed by atoms with Gasteiger partial charge in [-0.3, -0.25) is 0 Å². The molecule has 122 valence electrons. The molecule has 2 aromatic carbocycles. The maximum Gasteiger partial charge on any atom is 0.133 e. The van der Waals surface area contributed by atoms with Crippen LogP contribution in [0.2, 0.25) is 0 Å². The van der Waals surface area contributed by atoms with Gasteiger partial charge in [-0.2, -0.15) is 5.10 Å². The number of para-hydroxylation sites is 1. The number of benzene rings is 2. The maximum absolute atomic E-state index is 5.01. The van der Waals surface area contributed by atoms with Gasteiger partial charge < -0.3 is 5.32 Å². The fourth-order valence-corrected chi connectivity index (χ4v) is 3.93. The van der Waals surface area contributed by atoms with Gasteiger partial charge in [0.1, 0.15) is 5.82 Å². The highest BCUT2D eigenvalue weighted by Gasteiger charge is 2.25. The molecule has 1 aliphatic heterocycles. The van der Waals surface area contributed by atoms with E-state index in [0.29, 0.717) is 5.92 Å². The number of nitrogens with zero attached hydrogens (tertiary/aromatic N) is 2. The lowest BCUT2D eigenvalue weighted by Crippen LogP contribution is -2.07. The lowest BCUT2D eigenvalue weighted by molar-refractivity contribution is 0.812. The number of fused-ring (bicyclic) bond motifs is 1. The standard InChI is InChI=1S/C20H20IN3/c1-13(2)16-8-3-4-9-18(16)24-20-17(10-11-22-20)19(23-24)14-6-5-7-15(21)12-14/h3-9,12-13,22H,10-11H2,1-2H3. The van der Waals surface area contributed by atoms with Gasteiger partial charge in [-0.1, -0.05) is 44.2 Å². The maximum atomic E-state index is 5.01. The second kappa shape index (κ2) is 6.24. The molecule has 3 aromatic rings. The zero-order chi connectivity index (χ0) is 16.7. The Hall–Kier alpha value is -1.82. The predicted molar refractivity (Wildman–Crippen MR) is 108 cm³/mol. The quantitative estimate of drug-likeness (QED) is 0.578. The largest absolute Gasteiger partial charge is 0.369 e. The van der Waals surface area contributed by atoms with Gasteiger partial charge in [0.05, 0.1) is 11.4 Å². The molecular formula is C20H20IN3. The van der Waals surface area contributed by atoms with Crippen molar-refractivity contribution in [2.75, 3.05) is 11.9 Å². The summed E-state index contributed by atoms with van der Waals surface area (Å²) in [4.78, 5) is 0. The first-order chi connectivity index (χ1) is 11.6. The average molecular weight is 429 g/mol. The number of nitrogens with one attached hydrogen (secondary N) is 1. The van der Waals surface area contributed by atoms with Crippen LogP contribution in [0.15, 0.2) is 48.5 Å². The normalized spacial score (nSPS) is 13.2. The summed E-state index contributed by atoms with van der Waals surface area (Å²) in [5.41, 5.74) is 6.13. The molecule has 1 N–H and O–H groups in total. The first kappa shape index (κ1) is 15.7. The van der Waals surface area contributed by atoms with Crippen LogP contribution in [0.4, 0.5) is 5.82 Å². The van der Waals surface area contributed by atoms with E-state index < -0.39 is 0 Å². The second-order valence-electron chi connectivity index (χ2n) is 6.49. The van der Waals surface area contributed by atoms with Crippen molar-refractivity contribution in [2.45, 2.75) is 26.2 Å². The van der Waals surface area contributed by atoms with E-state index in [-0.39, 0.29) is 0 Å². The van der Waals surface area contributed by atoms with Crippen molar-refractivity contribution in [1.29, 1.82) is 0 Å². The molecule has 0 aliphatic carbocycles. The lowest BCUT2D eigenvalue weighted by atomic mass is 10.0. The summed E-state index contributed by atoms with van der Waals surface area (Å²) in [6.07, 6.45) is 1.03. The van der Waals surface area contributed by atoms with E-state index in [2.05, 4.69) is 95.0 Å². The molecule has 4 heteroatoms. The molecule has 24 heavy (non-hydrogen) atoms. The summed E-state index contributed by atoms with van der Waals surface area (Å²) in [6, 6.07) is 17.2. The highest BCUT2D eigenvalue weighted by molar-refractivity contribution is 14.1. The SMILES string of the molecule is CC(C)c1ccccc1-n1nc(-c2cccc(I)c2)c2c1NCC2. The van der Waals surface area contributed by atoms with Gasteiger partial charge in [-0.15, -0.1) is 0 Å². The molecule has 0 bridgehead atoms. The van der Waals surface area contributed by atoms with Crippen molar-refractivity contribution < 1.29 is 0 Å². The highest BCUT2D eigenvalue weighted by atomic mass is 127. The Kier molecular flexibility index (Phi) is 4.08. The molecule has 1 aromatic heterocycles. The van der Waals surface area contributed by atoms with Crippen molar-refractivity contribution in [3.63, 3.8) is 0 Å². The van der Waals surface area contributed by atoms with E-state index in [1.54, 1.807) is 0 Å². The van der Waals surface area contributed by atoms with Crippen LogP contribution < -0.4 is 5.32 Å². The van der Waals surface area contributed by atoms with Crippen molar-refractivity contribution >= 4 is 28.4 Å². The second-order valence-corrected chi connectivity index (χ2v) is 7.73. The van der Waals surface area contributed by atoms with Crippen LogP contribution in [0.1, 0.15) is 30.9 Å². The molecule has 3 nitrogen and oxygen atoms in total. The monoisotopic (exact) mass is 429 g/mol. The Bertz CT molecular complexity index is 896. The number of anilines is 1. The molecule has 2 heterocycles. The summed E-state index contributed by atoms with van der Waals surface area (Å²) < 4.78 is 3.34. The van der Waals surface area contributed by atoms with Gasteiger partial charge in [-0.05, 0) is 58.7 Å². The smallest absolute Gasteiger partial charge is 0.133 e. The topological polar surface area (TPSA) is 29.9 Å². The van der Waals surface area contributed by atoms with Gasteiger partial charge in [0.15, 0.2) is 0 Å².